The predicted molar refractivity (Wildman–Crippen MR) is 76.8 cm³/mol. The van der Waals surface area contributed by atoms with Gasteiger partial charge in [0, 0.05) is 17.0 Å². The lowest BCUT2D eigenvalue weighted by molar-refractivity contribution is 0.154. The van der Waals surface area contributed by atoms with Crippen molar-refractivity contribution in [1.82, 2.24) is 5.32 Å². The molecular formula is C13H21NOS2. The second kappa shape index (κ2) is 6.78. The molecule has 0 aliphatic carbocycles. The van der Waals surface area contributed by atoms with E-state index in [0.717, 1.165) is 11.3 Å². The first-order valence-corrected chi connectivity index (χ1v) is 8.34. The van der Waals surface area contributed by atoms with Crippen LogP contribution in [0.15, 0.2) is 17.5 Å². The van der Waals surface area contributed by atoms with Gasteiger partial charge >= 0.3 is 0 Å². The third-order valence-corrected chi connectivity index (χ3v) is 5.21. The first-order chi connectivity index (χ1) is 8.25. The third-order valence-electron chi connectivity index (χ3n) is 3.19. The second-order valence-corrected chi connectivity index (χ2v) is 6.93. The lowest BCUT2D eigenvalue weighted by Crippen LogP contribution is -2.39. The van der Waals surface area contributed by atoms with Crippen LogP contribution >= 0.6 is 23.1 Å². The molecule has 0 spiro atoms. The maximum atomic E-state index is 10.1. The highest BCUT2D eigenvalue weighted by atomic mass is 32.2. The molecule has 2 atom stereocenters. The van der Waals surface area contributed by atoms with E-state index in [0.29, 0.717) is 12.1 Å². The summed E-state index contributed by atoms with van der Waals surface area (Å²) in [6.45, 7) is 2.18. The SMILES string of the molecule is C[C@H](C[C@@H](O)c1cccs1)NC1CCSCC1. The molecule has 0 radical (unpaired) electrons. The fourth-order valence-corrected chi connectivity index (χ4v) is 4.10. The molecule has 96 valence electrons. The van der Waals surface area contributed by atoms with Gasteiger partial charge in [0.05, 0.1) is 6.10 Å². The molecule has 0 unspecified atom stereocenters. The van der Waals surface area contributed by atoms with Crippen LogP contribution < -0.4 is 5.32 Å². The van der Waals surface area contributed by atoms with E-state index < -0.39 is 0 Å². The molecule has 1 aliphatic rings. The van der Waals surface area contributed by atoms with Gasteiger partial charge in [-0.25, -0.2) is 0 Å². The summed E-state index contributed by atoms with van der Waals surface area (Å²) in [6.07, 6.45) is 3.04. The summed E-state index contributed by atoms with van der Waals surface area (Å²) in [5, 5.41) is 15.7. The molecule has 1 aromatic rings. The number of hydrogen-bond donors (Lipinski definition) is 2. The molecule has 2 N–H and O–H groups in total. The molecule has 1 aliphatic heterocycles. The molecule has 1 aromatic heterocycles. The summed E-state index contributed by atoms with van der Waals surface area (Å²) in [5.74, 6) is 2.55. The van der Waals surface area contributed by atoms with Gasteiger partial charge in [-0.05, 0) is 49.1 Å². The van der Waals surface area contributed by atoms with E-state index in [4.69, 9.17) is 0 Å². The van der Waals surface area contributed by atoms with Gasteiger partial charge in [0.2, 0.25) is 0 Å². The van der Waals surface area contributed by atoms with Crippen molar-refractivity contribution < 1.29 is 5.11 Å². The second-order valence-electron chi connectivity index (χ2n) is 4.72. The van der Waals surface area contributed by atoms with E-state index in [2.05, 4.69) is 12.2 Å². The third kappa shape index (κ3) is 4.28. The summed E-state index contributed by atoms with van der Waals surface area (Å²) in [4.78, 5) is 1.08. The maximum Gasteiger partial charge on any atom is 0.0896 e. The van der Waals surface area contributed by atoms with Crippen LogP contribution in [0.2, 0.25) is 0 Å². The van der Waals surface area contributed by atoms with Gasteiger partial charge < -0.3 is 10.4 Å². The van der Waals surface area contributed by atoms with Crippen LogP contribution in [0.1, 0.15) is 37.2 Å². The number of rotatable bonds is 5. The van der Waals surface area contributed by atoms with Gasteiger partial charge in [-0.1, -0.05) is 6.07 Å². The molecule has 2 heterocycles. The molecule has 0 amide bonds. The van der Waals surface area contributed by atoms with Crippen LogP contribution in [0.5, 0.6) is 0 Å². The van der Waals surface area contributed by atoms with Gasteiger partial charge in [-0.3, -0.25) is 0 Å². The van der Waals surface area contributed by atoms with Crippen LogP contribution in [0, 0.1) is 0 Å². The minimum Gasteiger partial charge on any atom is -0.388 e. The number of nitrogens with one attached hydrogen (secondary N) is 1. The Hall–Kier alpha value is -0.0300. The Kier molecular flexibility index (Phi) is 5.35. The number of thiophene rings is 1. The number of aliphatic hydroxyl groups is 1. The Morgan fingerprint density at radius 2 is 2.24 bits per heavy atom. The van der Waals surface area contributed by atoms with Crippen molar-refractivity contribution in [1.29, 1.82) is 0 Å². The highest BCUT2D eigenvalue weighted by molar-refractivity contribution is 7.99. The van der Waals surface area contributed by atoms with E-state index in [1.54, 1.807) is 11.3 Å². The van der Waals surface area contributed by atoms with Crippen molar-refractivity contribution in [2.75, 3.05) is 11.5 Å². The average molecular weight is 271 g/mol. The normalized spacial score (nSPS) is 21.3. The largest absolute Gasteiger partial charge is 0.388 e. The summed E-state index contributed by atoms with van der Waals surface area (Å²) in [7, 11) is 0. The van der Waals surface area contributed by atoms with Crippen molar-refractivity contribution in [3.63, 3.8) is 0 Å². The first-order valence-electron chi connectivity index (χ1n) is 6.31. The highest BCUT2D eigenvalue weighted by Gasteiger charge is 2.18. The molecule has 0 saturated carbocycles. The standard InChI is InChI=1S/C13H21NOS2/c1-10(14-11-4-7-16-8-5-11)9-12(15)13-3-2-6-17-13/h2-3,6,10-12,14-15H,4-5,7-9H2,1H3/t10-,12-/m1/s1. The van der Waals surface area contributed by atoms with Gasteiger partial charge in [-0.2, -0.15) is 11.8 Å². The summed E-state index contributed by atoms with van der Waals surface area (Å²) >= 11 is 3.69. The lowest BCUT2D eigenvalue weighted by Gasteiger charge is -2.27. The molecule has 2 nitrogen and oxygen atoms in total. The molecular weight excluding hydrogens is 250 g/mol. The summed E-state index contributed by atoms with van der Waals surface area (Å²) in [5.41, 5.74) is 0. The molecule has 0 bridgehead atoms. The fraction of sp³-hybridized carbons (Fsp3) is 0.692. The summed E-state index contributed by atoms with van der Waals surface area (Å²) < 4.78 is 0. The van der Waals surface area contributed by atoms with Crippen LogP contribution in [0.4, 0.5) is 0 Å². The van der Waals surface area contributed by atoms with Crippen molar-refractivity contribution in [2.45, 2.75) is 44.4 Å². The van der Waals surface area contributed by atoms with E-state index in [1.807, 2.05) is 29.3 Å². The van der Waals surface area contributed by atoms with E-state index in [-0.39, 0.29) is 6.10 Å². The minimum atomic E-state index is -0.310. The smallest absolute Gasteiger partial charge is 0.0896 e. The fourth-order valence-electron chi connectivity index (χ4n) is 2.27. The Labute approximate surface area is 112 Å². The quantitative estimate of drug-likeness (QED) is 0.863. The van der Waals surface area contributed by atoms with Gasteiger partial charge in [0.1, 0.15) is 0 Å². The summed E-state index contributed by atoms with van der Waals surface area (Å²) in [6, 6.07) is 5.06. The predicted octanol–water partition coefficient (Wildman–Crippen LogP) is 3.05. The number of thioether (sulfide) groups is 1. The van der Waals surface area contributed by atoms with Gasteiger partial charge in [0.15, 0.2) is 0 Å². The van der Waals surface area contributed by atoms with Crippen LogP contribution in [-0.4, -0.2) is 28.7 Å². The van der Waals surface area contributed by atoms with Gasteiger partial charge in [-0.15, -0.1) is 11.3 Å². The zero-order valence-electron chi connectivity index (χ0n) is 10.3. The topological polar surface area (TPSA) is 32.3 Å². The Bertz CT molecular complexity index is 309. The molecule has 1 saturated heterocycles. The van der Waals surface area contributed by atoms with Crippen LogP contribution in [0.25, 0.3) is 0 Å². The van der Waals surface area contributed by atoms with Crippen molar-refractivity contribution >= 4 is 23.1 Å². The average Bonchev–Trinajstić information content (AvgIpc) is 2.83. The van der Waals surface area contributed by atoms with Crippen LogP contribution in [-0.2, 0) is 0 Å². The Balaban J connectivity index is 1.74. The molecule has 17 heavy (non-hydrogen) atoms. The van der Waals surface area contributed by atoms with E-state index >= 15 is 0 Å². The lowest BCUT2D eigenvalue weighted by atomic mass is 10.1. The molecule has 2 rings (SSSR count). The number of aliphatic hydroxyl groups excluding tert-OH is 1. The number of hydrogen-bond acceptors (Lipinski definition) is 4. The zero-order valence-corrected chi connectivity index (χ0v) is 11.9. The van der Waals surface area contributed by atoms with Crippen molar-refractivity contribution in [2.24, 2.45) is 0 Å². The zero-order chi connectivity index (χ0) is 12.1. The highest BCUT2D eigenvalue weighted by Crippen LogP contribution is 2.24. The monoisotopic (exact) mass is 271 g/mol. The molecule has 1 fully saturated rings. The van der Waals surface area contributed by atoms with Crippen molar-refractivity contribution in [3.8, 4) is 0 Å². The van der Waals surface area contributed by atoms with Crippen LogP contribution in [0.3, 0.4) is 0 Å². The Morgan fingerprint density at radius 3 is 2.88 bits per heavy atom. The minimum absolute atomic E-state index is 0.310. The first kappa shape index (κ1) is 13.4. The van der Waals surface area contributed by atoms with E-state index in [1.165, 1.54) is 24.3 Å². The van der Waals surface area contributed by atoms with E-state index in [9.17, 15) is 5.11 Å². The molecule has 4 heteroatoms. The maximum absolute atomic E-state index is 10.1. The van der Waals surface area contributed by atoms with Crippen molar-refractivity contribution in [3.05, 3.63) is 22.4 Å². The Morgan fingerprint density at radius 1 is 1.47 bits per heavy atom. The molecule has 0 aromatic carbocycles. The van der Waals surface area contributed by atoms with Gasteiger partial charge in [0.25, 0.3) is 0 Å².